The number of pyridine rings is 1. The van der Waals surface area contributed by atoms with Gasteiger partial charge >= 0.3 is 5.97 Å². The van der Waals surface area contributed by atoms with Gasteiger partial charge in [0.15, 0.2) is 0 Å². The number of carbonyl (C=O) groups excluding carboxylic acids is 1. The van der Waals surface area contributed by atoms with E-state index in [1.165, 1.54) is 12.1 Å². The molecule has 1 saturated carbocycles. The van der Waals surface area contributed by atoms with Crippen molar-refractivity contribution in [3.63, 3.8) is 0 Å². The maximum atomic E-state index is 11.8. The summed E-state index contributed by atoms with van der Waals surface area (Å²) < 4.78 is 6.81. The third kappa shape index (κ3) is 3.81. The number of nitrogens with zero attached hydrogens (tertiary/aromatic N) is 1. The first-order valence-corrected chi connectivity index (χ1v) is 6.72. The summed E-state index contributed by atoms with van der Waals surface area (Å²) in [6.45, 7) is 4.05. The van der Waals surface area contributed by atoms with Gasteiger partial charge in [-0.15, -0.1) is 6.58 Å². The number of carbonyl (C=O) groups is 1. The number of allylic oxidation sites excluding steroid dienone is 1. The second-order valence-electron chi connectivity index (χ2n) is 4.81. The standard InChI is InChI=1S/C15H19NO3/c1-2-3-4-5-10-19-15(18)12-6-9-14(17)16(11-12)13-7-8-13/h2,6,9,11,13H,1,3-5,7-8,10H2. The molecule has 1 aliphatic rings. The lowest BCUT2D eigenvalue weighted by Gasteiger charge is -2.07. The normalized spacial score (nSPS) is 14.1. The third-order valence-corrected chi connectivity index (χ3v) is 3.15. The molecule has 1 aliphatic carbocycles. The van der Waals surface area contributed by atoms with Crippen molar-refractivity contribution in [2.45, 2.75) is 38.1 Å². The van der Waals surface area contributed by atoms with Crippen LogP contribution in [0.1, 0.15) is 48.5 Å². The van der Waals surface area contributed by atoms with Crippen LogP contribution in [0, 0.1) is 0 Å². The molecule has 19 heavy (non-hydrogen) atoms. The van der Waals surface area contributed by atoms with E-state index in [0.29, 0.717) is 12.2 Å². The van der Waals surface area contributed by atoms with Gasteiger partial charge in [0.05, 0.1) is 12.2 Å². The van der Waals surface area contributed by atoms with Gasteiger partial charge in [-0.2, -0.15) is 0 Å². The highest BCUT2D eigenvalue weighted by Gasteiger charge is 2.25. The maximum absolute atomic E-state index is 11.8. The Balaban J connectivity index is 1.90. The topological polar surface area (TPSA) is 48.3 Å². The van der Waals surface area contributed by atoms with E-state index in [9.17, 15) is 9.59 Å². The van der Waals surface area contributed by atoms with Gasteiger partial charge in [-0.05, 0) is 38.2 Å². The van der Waals surface area contributed by atoms with Gasteiger partial charge in [0.2, 0.25) is 0 Å². The van der Waals surface area contributed by atoms with Gasteiger partial charge in [-0.3, -0.25) is 4.79 Å². The van der Waals surface area contributed by atoms with Gasteiger partial charge in [0, 0.05) is 18.3 Å². The monoisotopic (exact) mass is 261 g/mol. The molecule has 0 atom stereocenters. The molecule has 0 bridgehead atoms. The smallest absolute Gasteiger partial charge is 0.339 e. The van der Waals surface area contributed by atoms with Gasteiger partial charge in [-0.25, -0.2) is 4.79 Å². The first-order valence-electron chi connectivity index (χ1n) is 6.72. The highest BCUT2D eigenvalue weighted by atomic mass is 16.5. The van der Waals surface area contributed by atoms with E-state index in [2.05, 4.69) is 6.58 Å². The van der Waals surface area contributed by atoms with Crippen LogP contribution in [0.4, 0.5) is 0 Å². The second-order valence-corrected chi connectivity index (χ2v) is 4.81. The summed E-state index contributed by atoms with van der Waals surface area (Å²) in [7, 11) is 0. The molecule has 4 heteroatoms. The molecule has 102 valence electrons. The van der Waals surface area contributed by atoms with Gasteiger partial charge in [0.1, 0.15) is 0 Å². The molecule has 0 N–H and O–H groups in total. The van der Waals surface area contributed by atoms with Crippen LogP contribution in [-0.4, -0.2) is 17.1 Å². The molecule has 0 saturated heterocycles. The van der Waals surface area contributed by atoms with Crippen molar-refractivity contribution in [2.24, 2.45) is 0 Å². The van der Waals surface area contributed by atoms with Gasteiger partial charge in [0.25, 0.3) is 5.56 Å². The molecule has 1 aromatic rings. The van der Waals surface area contributed by atoms with E-state index in [-0.39, 0.29) is 17.6 Å². The molecular weight excluding hydrogens is 242 g/mol. The number of hydrogen-bond donors (Lipinski definition) is 0. The van der Waals surface area contributed by atoms with Crippen LogP contribution in [-0.2, 0) is 4.74 Å². The molecule has 1 heterocycles. The number of aromatic nitrogens is 1. The van der Waals surface area contributed by atoms with Crippen LogP contribution in [0.25, 0.3) is 0 Å². The lowest BCUT2D eigenvalue weighted by Crippen LogP contribution is -2.19. The zero-order chi connectivity index (χ0) is 13.7. The number of unbranched alkanes of at least 4 members (excludes halogenated alkanes) is 2. The SMILES string of the molecule is C=CCCCCOC(=O)c1ccc(=O)n(C2CC2)c1. The molecule has 1 fully saturated rings. The minimum atomic E-state index is -0.354. The fourth-order valence-electron chi connectivity index (χ4n) is 1.90. The minimum absolute atomic E-state index is 0.0509. The molecule has 1 aromatic heterocycles. The Morgan fingerprint density at radius 1 is 1.42 bits per heavy atom. The molecule has 0 unspecified atom stereocenters. The van der Waals surface area contributed by atoms with Crippen molar-refractivity contribution < 1.29 is 9.53 Å². The molecule has 0 aromatic carbocycles. The summed E-state index contributed by atoms with van der Waals surface area (Å²) in [5.41, 5.74) is 0.403. The fourth-order valence-corrected chi connectivity index (χ4v) is 1.90. The Morgan fingerprint density at radius 3 is 2.89 bits per heavy atom. The summed E-state index contributed by atoms with van der Waals surface area (Å²) in [4.78, 5) is 23.4. The summed E-state index contributed by atoms with van der Waals surface area (Å²) in [5.74, 6) is -0.354. The largest absolute Gasteiger partial charge is 0.462 e. The van der Waals surface area contributed by atoms with E-state index < -0.39 is 0 Å². The first-order chi connectivity index (χ1) is 9.22. The summed E-state index contributed by atoms with van der Waals surface area (Å²) >= 11 is 0. The number of hydrogen-bond acceptors (Lipinski definition) is 3. The highest BCUT2D eigenvalue weighted by molar-refractivity contribution is 5.88. The number of rotatable bonds is 7. The Morgan fingerprint density at radius 2 is 2.21 bits per heavy atom. The molecule has 0 aliphatic heterocycles. The Labute approximate surface area is 112 Å². The van der Waals surface area contributed by atoms with Crippen molar-refractivity contribution in [3.05, 3.63) is 46.9 Å². The predicted molar refractivity (Wildman–Crippen MR) is 73.3 cm³/mol. The van der Waals surface area contributed by atoms with Crippen molar-refractivity contribution in [2.75, 3.05) is 6.61 Å². The Bertz CT molecular complexity index is 514. The molecule has 0 radical (unpaired) electrons. The van der Waals surface area contributed by atoms with E-state index in [1.807, 2.05) is 6.08 Å². The van der Waals surface area contributed by atoms with Crippen LogP contribution in [0.5, 0.6) is 0 Å². The molecule has 2 rings (SSSR count). The quantitative estimate of drug-likeness (QED) is 0.431. The maximum Gasteiger partial charge on any atom is 0.339 e. The molecule has 0 amide bonds. The molecular formula is C15H19NO3. The lowest BCUT2D eigenvalue weighted by molar-refractivity contribution is 0.0497. The third-order valence-electron chi connectivity index (χ3n) is 3.15. The van der Waals surface area contributed by atoms with E-state index in [0.717, 1.165) is 32.1 Å². The Kier molecular flexibility index (Phi) is 4.55. The van der Waals surface area contributed by atoms with E-state index in [1.54, 1.807) is 10.8 Å². The zero-order valence-electron chi connectivity index (χ0n) is 11.0. The average molecular weight is 261 g/mol. The van der Waals surface area contributed by atoms with Crippen LogP contribution in [0.3, 0.4) is 0 Å². The summed E-state index contributed by atoms with van der Waals surface area (Å²) in [6, 6.07) is 3.24. The second kappa shape index (κ2) is 6.36. The first kappa shape index (κ1) is 13.6. The van der Waals surface area contributed by atoms with E-state index in [4.69, 9.17) is 4.74 Å². The predicted octanol–water partition coefficient (Wildman–Crippen LogP) is 2.70. The van der Waals surface area contributed by atoms with Crippen molar-refractivity contribution in [1.82, 2.24) is 4.57 Å². The average Bonchev–Trinajstić information content (AvgIpc) is 3.23. The lowest BCUT2D eigenvalue weighted by atomic mass is 10.2. The van der Waals surface area contributed by atoms with Gasteiger partial charge in [-0.1, -0.05) is 6.08 Å². The van der Waals surface area contributed by atoms with Crippen molar-refractivity contribution in [1.29, 1.82) is 0 Å². The zero-order valence-corrected chi connectivity index (χ0v) is 11.0. The summed E-state index contributed by atoms with van der Waals surface area (Å²) in [6.07, 6.45) is 8.24. The van der Waals surface area contributed by atoms with Crippen LogP contribution in [0.2, 0.25) is 0 Å². The minimum Gasteiger partial charge on any atom is -0.462 e. The number of ether oxygens (including phenoxy) is 1. The highest BCUT2D eigenvalue weighted by Crippen LogP contribution is 2.33. The van der Waals surface area contributed by atoms with Crippen molar-refractivity contribution in [3.8, 4) is 0 Å². The number of esters is 1. The summed E-state index contributed by atoms with van der Waals surface area (Å²) in [5, 5.41) is 0. The van der Waals surface area contributed by atoms with Crippen LogP contribution >= 0.6 is 0 Å². The van der Waals surface area contributed by atoms with Crippen LogP contribution < -0.4 is 5.56 Å². The van der Waals surface area contributed by atoms with E-state index >= 15 is 0 Å². The van der Waals surface area contributed by atoms with Crippen LogP contribution in [0.15, 0.2) is 35.8 Å². The fraction of sp³-hybridized carbons (Fsp3) is 0.467. The van der Waals surface area contributed by atoms with Crippen molar-refractivity contribution >= 4 is 5.97 Å². The van der Waals surface area contributed by atoms with Gasteiger partial charge < -0.3 is 9.30 Å². The molecule has 4 nitrogen and oxygen atoms in total. The Hall–Kier alpha value is -1.84. The molecule has 0 spiro atoms.